The maximum atomic E-state index is 10.9. The molecule has 0 aliphatic carbocycles. The lowest BCUT2D eigenvalue weighted by atomic mass is 10.3. The molecule has 11 heavy (non-hydrogen) atoms. The van der Waals surface area contributed by atoms with Crippen molar-refractivity contribution in [1.82, 2.24) is 0 Å². The molecule has 0 saturated heterocycles. The summed E-state index contributed by atoms with van der Waals surface area (Å²) in [7, 11) is 0. The average molecular weight is 170 g/mol. The standard InChI is InChI=1S/C8H10O2S/c1-2-10-8(9)5-7-3-4-11-6-7/h3-5H,2,6H2,1H3. The predicted octanol–water partition coefficient (Wildman–Crippen LogP) is 1.74. The van der Waals surface area contributed by atoms with Crippen molar-refractivity contribution in [1.29, 1.82) is 0 Å². The number of esters is 1. The van der Waals surface area contributed by atoms with Gasteiger partial charge in [-0.2, -0.15) is 0 Å². The van der Waals surface area contributed by atoms with Crippen molar-refractivity contribution in [3.05, 3.63) is 23.1 Å². The molecule has 1 rings (SSSR count). The highest BCUT2D eigenvalue weighted by Gasteiger charge is 2.02. The molecule has 0 atom stereocenters. The second-order valence-corrected chi connectivity index (χ2v) is 2.98. The first-order valence-electron chi connectivity index (χ1n) is 3.48. The Morgan fingerprint density at radius 2 is 2.73 bits per heavy atom. The van der Waals surface area contributed by atoms with Crippen molar-refractivity contribution in [2.45, 2.75) is 6.92 Å². The number of hydrogen-bond donors (Lipinski definition) is 0. The Morgan fingerprint density at radius 3 is 3.27 bits per heavy atom. The zero-order valence-corrected chi connectivity index (χ0v) is 7.19. The van der Waals surface area contributed by atoms with Crippen LogP contribution in [0.5, 0.6) is 0 Å². The van der Waals surface area contributed by atoms with E-state index in [0.29, 0.717) is 6.61 Å². The van der Waals surface area contributed by atoms with Gasteiger partial charge in [0.05, 0.1) is 6.61 Å². The fourth-order valence-corrected chi connectivity index (χ4v) is 1.49. The maximum Gasteiger partial charge on any atom is 0.331 e. The quantitative estimate of drug-likeness (QED) is 0.466. The molecule has 0 fully saturated rings. The Balaban J connectivity index is 2.44. The predicted molar refractivity (Wildman–Crippen MR) is 46.3 cm³/mol. The van der Waals surface area contributed by atoms with E-state index >= 15 is 0 Å². The molecule has 2 nitrogen and oxygen atoms in total. The first-order valence-corrected chi connectivity index (χ1v) is 4.53. The van der Waals surface area contributed by atoms with E-state index in [9.17, 15) is 4.79 Å². The first-order chi connectivity index (χ1) is 5.33. The van der Waals surface area contributed by atoms with Crippen molar-refractivity contribution in [3.63, 3.8) is 0 Å². The Morgan fingerprint density at radius 1 is 1.91 bits per heavy atom. The Bertz CT molecular complexity index is 206. The van der Waals surface area contributed by atoms with Crippen LogP contribution >= 0.6 is 11.8 Å². The molecule has 0 aromatic heterocycles. The third-order valence-corrected chi connectivity index (χ3v) is 2.05. The van der Waals surface area contributed by atoms with Crippen molar-refractivity contribution in [3.8, 4) is 0 Å². The minimum Gasteiger partial charge on any atom is -0.463 e. The highest BCUT2D eigenvalue weighted by Crippen LogP contribution is 2.18. The van der Waals surface area contributed by atoms with E-state index < -0.39 is 0 Å². The van der Waals surface area contributed by atoms with Gasteiger partial charge in [0, 0.05) is 11.8 Å². The fourth-order valence-electron chi connectivity index (χ4n) is 0.753. The van der Waals surface area contributed by atoms with E-state index in [4.69, 9.17) is 4.74 Å². The summed E-state index contributed by atoms with van der Waals surface area (Å²) in [5.74, 6) is 0.647. The van der Waals surface area contributed by atoms with E-state index in [-0.39, 0.29) is 5.97 Å². The molecule has 0 radical (unpaired) electrons. The lowest BCUT2D eigenvalue weighted by molar-refractivity contribution is -0.137. The van der Waals surface area contributed by atoms with Crippen LogP contribution in [-0.4, -0.2) is 18.3 Å². The lowest BCUT2D eigenvalue weighted by Crippen LogP contribution is -2.00. The molecule has 60 valence electrons. The smallest absolute Gasteiger partial charge is 0.331 e. The molecule has 1 heterocycles. The number of rotatable bonds is 2. The molecule has 0 bridgehead atoms. The summed E-state index contributed by atoms with van der Waals surface area (Å²) in [6.45, 7) is 2.25. The van der Waals surface area contributed by atoms with E-state index in [2.05, 4.69) is 0 Å². The second kappa shape index (κ2) is 4.23. The van der Waals surface area contributed by atoms with Gasteiger partial charge in [0.1, 0.15) is 0 Å². The van der Waals surface area contributed by atoms with Gasteiger partial charge in [-0.3, -0.25) is 0 Å². The van der Waals surface area contributed by atoms with Crippen LogP contribution in [0.25, 0.3) is 0 Å². The third-order valence-electron chi connectivity index (χ3n) is 1.22. The van der Waals surface area contributed by atoms with E-state index in [1.807, 2.05) is 11.5 Å². The van der Waals surface area contributed by atoms with Gasteiger partial charge in [-0.05, 0) is 17.9 Å². The molecule has 1 aliphatic rings. The fraction of sp³-hybridized carbons (Fsp3) is 0.375. The van der Waals surface area contributed by atoms with Crippen LogP contribution in [0.4, 0.5) is 0 Å². The summed E-state index contributed by atoms with van der Waals surface area (Å²) in [5, 5.41) is 1.98. The molecular formula is C8H10O2S. The van der Waals surface area contributed by atoms with Crippen molar-refractivity contribution < 1.29 is 9.53 Å². The minimum atomic E-state index is -0.241. The van der Waals surface area contributed by atoms with Crippen LogP contribution in [0, 0.1) is 0 Å². The third kappa shape index (κ3) is 2.80. The molecule has 0 N–H and O–H groups in total. The Kier molecular flexibility index (Phi) is 3.23. The largest absolute Gasteiger partial charge is 0.463 e. The second-order valence-electron chi connectivity index (χ2n) is 2.09. The normalized spacial score (nSPS) is 19.2. The number of thioether (sulfide) groups is 1. The number of carbonyl (C=O) groups excluding carboxylic acids is 1. The number of allylic oxidation sites excluding steroid dienone is 1. The van der Waals surface area contributed by atoms with Gasteiger partial charge in [-0.1, -0.05) is 6.08 Å². The summed E-state index contributed by atoms with van der Waals surface area (Å²) in [4.78, 5) is 10.9. The molecular weight excluding hydrogens is 160 g/mol. The van der Waals surface area contributed by atoms with Gasteiger partial charge in [0.15, 0.2) is 0 Å². The number of carbonyl (C=O) groups is 1. The lowest BCUT2D eigenvalue weighted by Gasteiger charge is -1.95. The van der Waals surface area contributed by atoms with Crippen LogP contribution in [0.3, 0.4) is 0 Å². The maximum absolute atomic E-state index is 10.9. The highest BCUT2D eigenvalue weighted by molar-refractivity contribution is 8.02. The number of hydrogen-bond acceptors (Lipinski definition) is 3. The monoisotopic (exact) mass is 170 g/mol. The Hall–Kier alpha value is -0.700. The zero-order valence-electron chi connectivity index (χ0n) is 6.37. The SMILES string of the molecule is CCOC(=O)C=C1C=CSC1. The van der Waals surface area contributed by atoms with Gasteiger partial charge in [-0.25, -0.2) is 4.79 Å². The van der Waals surface area contributed by atoms with Crippen molar-refractivity contribution >= 4 is 17.7 Å². The van der Waals surface area contributed by atoms with Crippen LogP contribution < -0.4 is 0 Å². The molecule has 0 unspecified atom stereocenters. The van der Waals surface area contributed by atoms with Crippen LogP contribution in [-0.2, 0) is 9.53 Å². The minimum absolute atomic E-state index is 0.241. The van der Waals surface area contributed by atoms with Gasteiger partial charge < -0.3 is 4.74 Å². The van der Waals surface area contributed by atoms with E-state index in [0.717, 1.165) is 11.3 Å². The summed E-state index contributed by atoms with van der Waals surface area (Å²) >= 11 is 1.69. The average Bonchev–Trinajstić information content (AvgIpc) is 2.40. The summed E-state index contributed by atoms with van der Waals surface area (Å²) in [6.07, 6.45) is 3.47. The summed E-state index contributed by atoms with van der Waals surface area (Å²) in [5.41, 5.74) is 1.04. The summed E-state index contributed by atoms with van der Waals surface area (Å²) in [6, 6.07) is 0. The van der Waals surface area contributed by atoms with E-state index in [1.54, 1.807) is 24.8 Å². The summed E-state index contributed by atoms with van der Waals surface area (Å²) < 4.78 is 4.75. The van der Waals surface area contributed by atoms with Gasteiger partial charge in [-0.15, -0.1) is 11.8 Å². The van der Waals surface area contributed by atoms with Gasteiger partial charge in [0.2, 0.25) is 0 Å². The van der Waals surface area contributed by atoms with Crippen LogP contribution in [0.1, 0.15) is 6.92 Å². The van der Waals surface area contributed by atoms with Crippen molar-refractivity contribution in [2.24, 2.45) is 0 Å². The molecule has 1 aliphatic heterocycles. The topological polar surface area (TPSA) is 26.3 Å². The molecule has 0 amide bonds. The first kappa shape index (κ1) is 8.40. The molecule has 0 aromatic carbocycles. The van der Waals surface area contributed by atoms with Crippen LogP contribution in [0.15, 0.2) is 23.1 Å². The zero-order chi connectivity index (χ0) is 8.10. The van der Waals surface area contributed by atoms with Crippen LogP contribution in [0.2, 0.25) is 0 Å². The molecule has 3 heteroatoms. The number of ether oxygens (including phenoxy) is 1. The molecule has 0 aromatic rings. The molecule has 0 spiro atoms. The highest BCUT2D eigenvalue weighted by atomic mass is 32.2. The van der Waals surface area contributed by atoms with Crippen molar-refractivity contribution in [2.75, 3.05) is 12.4 Å². The molecule has 0 saturated carbocycles. The Labute approximate surface area is 70.3 Å². The van der Waals surface area contributed by atoms with Gasteiger partial charge in [0.25, 0.3) is 0 Å². The van der Waals surface area contributed by atoms with E-state index in [1.165, 1.54) is 0 Å². The van der Waals surface area contributed by atoms with Gasteiger partial charge >= 0.3 is 5.97 Å².